The second-order valence-corrected chi connectivity index (χ2v) is 68.1. The summed E-state index contributed by atoms with van der Waals surface area (Å²) in [5.41, 5.74) is 22.7. The Morgan fingerprint density at radius 3 is 0.984 bits per heavy atom. The number of nitrogens with one attached hydrogen (secondary N) is 4. The van der Waals surface area contributed by atoms with Crippen molar-refractivity contribution in [2.24, 2.45) is 61.7 Å². The fraction of sp³-hybridized carbons (Fsp3) is 0.740. The molecule has 0 aliphatic carbocycles. The molecule has 129 heavy (non-hydrogen) atoms. The van der Waals surface area contributed by atoms with Crippen LogP contribution in [0.3, 0.4) is 0 Å². The van der Waals surface area contributed by atoms with Crippen LogP contribution in [0, 0.1) is 33.0 Å². The van der Waals surface area contributed by atoms with Gasteiger partial charge >= 0.3 is 319 Å². The third kappa shape index (κ3) is 70.7. The van der Waals surface area contributed by atoms with Crippen LogP contribution in [-0.4, -0.2) is 191 Å². The van der Waals surface area contributed by atoms with Crippen LogP contribution in [0.25, 0.3) is 0 Å². The summed E-state index contributed by atoms with van der Waals surface area (Å²) in [6, 6.07) is -3.66. The van der Waals surface area contributed by atoms with E-state index >= 15 is 0 Å². The Balaban J connectivity index is -0.000000351. The monoisotopic (exact) mass is 2050 g/mol. The quantitative estimate of drug-likeness (QED) is 0.00687. The molecule has 1 rings (SSSR count). The number of carboxylic acid groups (broad SMARTS) is 2. The van der Waals surface area contributed by atoms with Gasteiger partial charge in [-0.15, -0.1) is 0 Å². The van der Waals surface area contributed by atoms with Crippen LogP contribution in [0.5, 0.6) is 0 Å². The van der Waals surface area contributed by atoms with Gasteiger partial charge in [-0.05, 0) is 118 Å². The zero-order valence-corrected chi connectivity index (χ0v) is 91.9. The number of carbonyl (C=O) groups is 13. The molecule has 748 valence electrons. The molecule has 0 aromatic carbocycles. The van der Waals surface area contributed by atoms with Crippen molar-refractivity contribution < 1.29 is 106 Å². The summed E-state index contributed by atoms with van der Waals surface area (Å²) in [6.07, 6.45) is 25.3. The van der Waals surface area contributed by atoms with E-state index in [4.69, 9.17) is 67.3 Å². The molecule has 0 aromatic heterocycles. The Morgan fingerprint density at radius 2 is 0.736 bits per heavy atom. The van der Waals surface area contributed by atoms with Crippen LogP contribution >= 0.6 is 0 Å². The van der Waals surface area contributed by atoms with E-state index in [2.05, 4.69) is 75.7 Å². The maximum atomic E-state index is 12.5. The summed E-state index contributed by atoms with van der Waals surface area (Å²) in [7, 11) is 1.44. The van der Waals surface area contributed by atoms with E-state index in [0.717, 1.165) is 5.57 Å². The van der Waals surface area contributed by atoms with Gasteiger partial charge in [0.25, 0.3) is 0 Å². The van der Waals surface area contributed by atoms with Crippen LogP contribution < -0.4 is 49.9 Å². The van der Waals surface area contributed by atoms with Crippen molar-refractivity contribution in [2.45, 2.75) is 411 Å². The van der Waals surface area contributed by atoms with Crippen molar-refractivity contribution in [1.29, 1.82) is 0 Å². The number of unbranched alkanes of at least 4 members (excludes halogenated alkanes) is 6. The summed E-state index contributed by atoms with van der Waals surface area (Å²) in [4.78, 5) is 148. The number of primary amides is 4. The molecule has 1 aliphatic rings. The standard InChI is InChI=1S/C22H32N2O5.C11H22N2O3.C11H21NO4.C10H18O5.C9H15N2O2.C6H14N2O.6C4H9.C3H3O2.2Sn/c1-14(13-15(2)16-11-12-17(28-6)21(27)29-16)9-7-8-10-18(25)24-19(20(23)26)22(3,4)5;1-10(2,3)7(8(12)14)13-9(15)16-11(4,5)6;1-10(2,3)7(8(13)14)12-9(15)16-11(4,5)6;1-9(2,3)14-7(11)13-8(12)15-10(4,5)6;1-5-6(12)11-7(8(10)13)9(2,3)4;1-6(2,3)4(7)5(8)9;6*1-3-4-2;1-2-3(4)5;;/h7-10,12-13,15-16,19H,11H2,1-6H3,(H2,23,26)(H,24,25);7H,1-6H3,(H2,12,14)(H,13,15);7H,1-6H3,(H,12,15)(H,13,14);1-6H3;1,5,7H,2-4H3,(H2,10,13)(H,11,12);4H,7H2,1-3H3,(H2,8,9);6*1,3-4H2,2H3;1-2H,(H,4,5);;/b9-7-,10-8-,14-13+;;;;;;;;;;;;;;/t15-,16-,19+;2*7-;;7-;4-;;;;;;;;;/m011.11........./s1. The molecule has 0 unspecified atom stereocenters. The number of cyclic esters (lactones) is 1. The molecule has 1 heterocycles. The molecular weight excluding hydrogens is 1870 g/mol. The largest absolute Gasteiger partial charge is 0.490 e. The topological polar surface area (TPSA) is 505 Å². The van der Waals surface area contributed by atoms with Crippen LogP contribution in [-0.2, 0) is 76.3 Å². The van der Waals surface area contributed by atoms with Gasteiger partial charge in [0.1, 0.15) is 46.6 Å². The summed E-state index contributed by atoms with van der Waals surface area (Å²) < 4.78 is 46.7. The number of methoxy groups -OCH3 is 1. The Bertz CT molecular complexity index is 3470. The number of amides is 8. The molecule has 0 fully saturated rings. The van der Waals surface area contributed by atoms with Gasteiger partial charge in [-0.25, -0.2) is 28.8 Å². The number of allylic oxidation sites excluding steroid dienone is 4. The Morgan fingerprint density at radius 1 is 0.442 bits per heavy atom. The van der Waals surface area contributed by atoms with Crippen molar-refractivity contribution >= 4 is 115 Å². The van der Waals surface area contributed by atoms with E-state index in [1.807, 2.05) is 109 Å². The van der Waals surface area contributed by atoms with Gasteiger partial charge in [-0.3, -0.25) is 19.2 Å². The first-order valence-electron chi connectivity index (χ1n) is 45.4. The third-order valence-electron chi connectivity index (χ3n) is 19.0. The van der Waals surface area contributed by atoms with Crippen molar-refractivity contribution in [3.63, 3.8) is 0 Å². The zero-order chi connectivity index (χ0) is 102. The van der Waals surface area contributed by atoms with E-state index < -0.39 is 178 Å². The zero-order valence-electron chi connectivity index (χ0n) is 86.2. The maximum Gasteiger partial charge on any atom is 0.373 e. The van der Waals surface area contributed by atoms with Crippen LogP contribution in [0.1, 0.15) is 326 Å². The SMILES string of the molecule is CC(C)(C)OC(=O)N[C@H](C(=O)O)C(C)(C)C.CC(C)(C)OC(=O)N[C@H](C(N)=O)C(C)(C)C.CC(C)(C)OC(=O)OC(=O)OC(C)(C)C.CC(C)(C)[C@H](N)C(N)=O.CCC[CH2][Sn](/[CH]=C\C(=O)N[C@H](C(N)=O)C(C)(C)C)([CH2]CCC)[CH2]CCC.CCC[CH2][Sn](/[CH]=C\C(=O)O)([CH2]CCC)[CH2]CCC.COC1=CC[C@@H]([C@@H](C)/C=C(C)/C=C\C=C/C(=O)N[C@H](C(N)=O)C(C)(C)C)OC1=O. The van der Waals surface area contributed by atoms with Crippen molar-refractivity contribution in [3.05, 3.63) is 68.1 Å². The van der Waals surface area contributed by atoms with Crippen molar-refractivity contribution in [1.82, 2.24) is 21.3 Å². The second-order valence-electron chi connectivity index (χ2n) is 42.1. The van der Waals surface area contributed by atoms with Gasteiger partial charge in [0, 0.05) is 18.4 Å². The van der Waals surface area contributed by atoms with Crippen LogP contribution in [0.2, 0.25) is 26.6 Å². The molecule has 0 saturated carbocycles. The first-order chi connectivity index (χ1) is 58.4. The summed E-state index contributed by atoms with van der Waals surface area (Å²) in [5.74, 6) is -4.64. The normalized spacial score (nSPS) is 15.0. The summed E-state index contributed by atoms with van der Waals surface area (Å²) in [5, 5.41) is 28.2. The van der Waals surface area contributed by atoms with E-state index in [9.17, 15) is 62.3 Å². The predicted molar refractivity (Wildman–Crippen MR) is 520 cm³/mol. The molecule has 0 saturated heterocycles. The second kappa shape index (κ2) is 63.4. The molecule has 1 aliphatic heterocycles. The van der Waals surface area contributed by atoms with E-state index in [0.29, 0.717) is 6.42 Å². The van der Waals surface area contributed by atoms with Gasteiger partial charge < -0.3 is 77.1 Å². The number of rotatable bonds is 37. The predicted octanol–water partition coefficient (Wildman–Crippen LogP) is 18.6. The third-order valence-corrected chi connectivity index (χ3v) is 47.1. The molecule has 7 atom stereocenters. The molecule has 31 nitrogen and oxygen atoms in total. The maximum absolute atomic E-state index is 12.5. The first kappa shape index (κ1) is 132. The average molecular weight is 2050 g/mol. The number of aliphatic carboxylic acids is 2. The molecule has 0 spiro atoms. The van der Waals surface area contributed by atoms with Crippen molar-refractivity contribution in [3.8, 4) is 0 Å². The smallest absolute Gasteiger partial charge is 0.373 e. The van der Waals surface area contributed by atoms with E-state index in [1.54, 1.807) is 128 Å². The Hall–Kier alpha value is -7.69. The Labute approximate surface area is 784 Å². The van der Waals surface area contributed by atoms with Crippen LogP contribution in [0.4, 0.5) is 19.2 Å². The van der Waals surface area contributed by atoms with E-state index in [1.165, 1.54) is 123 Å². The molecule has 0 radical (unpaired) electrons. The minimum absolute atomic E-state index is 0.0219. The summed E-state index contributed by atoms with van der Waals surface area (Å²) in [6.45, 7) is 65.3. The Kier molecular flexibility index (Phi) is 64.9. The minimum Gasteiger partial charge on any atom is -0.490 e. The molecule has 8 amide bonds. The fourth-order valence-electron chi connectivity index (χ4n) is 12.0. The first-order valence-corrected chi connectivity index (χ1v) is 60.8. The molecule has 0 aromatic rings. The fourth-order valence-corrected chi connectivity index (χ4v) is 40.1. The molecule has 0 bridgehead atoms. The minimum atomic E-state index is -2.47. The van der Waals surface area contributed by atoms with Gasteiger partial charge in [-0.2, -0.15) is 0 Å². The number of hydrogen-bond donors (Lipinski definition) is 11. The van der Waals surface area contributed by atoms with E-state index in [-0.39, 0.29) is 34.5 Å². The molecular formula is C96H179N9O22Sn2. The number of alkyl carbamates (subject to hydrolysis) is 2. The van der Waals surface area contributed by atoms with Gasteiger partial charge in [0.05, 0.1) is 13.2 Å². The molecule has 16 N–H and O–H groups in total. The van der Waals surface area contributed by atoms with Gasteiger partial charge in [-0.1, -0.05) is 120 Å². The number of esters is 1. The number of nitrogens with two attached hydrogens (primary N) is 5. The number of hydrogen-bond acceptors (Lipinski definition) is 21. The number of carboxylic acids is 2. The number of carbonyl (C=O) groups excluding carboxylic acids is 11. The molecule has 33 heteroatoms. The van der Waals surface area contributed by atoms with Crippen LogP contribution in [0.15, 0.2) is 68.1 Å². The number of ether oxygens (including phenoxy) is 7. The van der Waals surface area contributed by atoms with Gasteiger partial charge in [0.2, 0.25) is 23.6 Å². The van der Waals surface area contributed by atoms with Gasteiger partial charge in [0.15, 0.2) is 5.76 Å². The summed E-state index contributed by atoms with van der Waals surface area (Å²) >= 11 is -4.77. The average Bonchev–Trinajstić information content (AvgIpc) is 1.21. The van der Waals surface area contributed by atoms with Crippen molar-refractivity contribution in [2.75, 3.05) is 7.11 Å².